The Morgan fingerprint density at radius 1 is 1.20 bits per heavy atom. The predicted molar refractivity (Wildman–Crippen MR) is 97.7 cm³/mol. The third-order valence-electron chi connectivity index (χ3n) is 4.86. The number of hydrogen-bond donors (Lipinski definition) is 1. The fraction of sp³-hybridized carbons (Fsp3) is 0.389. The van der Waals surface area contributed by atoms with E-state index in [1.807, 2.05) is 4.57 Å². The molecule has 0 bridgehead atoms. The van der Waals surface area contributed by atoms with Crippen LogP contribution in [0.25, 0.3) is 11.2 Å². The van der Waals surface area contributed by atoms with E-state index in [1.54, 1.807) is 7.05 Å². The smallest absolute Gasteiger partial charge is 0.311 e. The second-order valence-electron chi connectivity index (χ2n) is 7.02. The summed E-state index contributed by atoms with van der Waals surface area (Å²) in [5.74, 6) is 1.06. The number of fused-ring (bicyclic) bond motifs is 3. The van der Waals surface area contributed by atoms with Crippen molar-refractivity contribution >= 4 is 22.8 Å². The van der Waals surface area contributed by atoms with Gasteiger partial charge in [0.15, 0.2) is 11.2 Å². The summed E-state index contributed by atoms with van der Waals surface area (Å²) in [5, 5.41) is 0. The Morgan fingerprint density at radius 3 is 2.68 bits per heavy atom. The Kier molecular flexibility index (Phi) is 3.35. The second-order valence-corrected chi connectivity index (χ2v) is 7.02. The summed E-state index contributed by atoms with van der Waals surface area (Å²) in [5.41, 5.74) is 3.50. The molecule has 7 heteroatoms. The van der Waals surface area contributed by atoms with Crippen molar-refractivity contribution in [3.63, 3.8) is 0 Å². The molecule has 2 aromatic heterocycles. The van der Waals surface area contributed by atoms with Crippen LogP contribution in [-0.2, 0) is 13.6 Å². The zero-order valence-electron chi connectivity index (χ0n) is 14.8. The first-order valence-electron chi connectivity index (χ1n) is 8.41. The Balaban J connectivity index is 2.02. The number of H-pyrrole nitrogens is 1. The Bertz CT molecular complexity index is 1110. The highest BCUT2D eigenvalue weighted by molar-refractivity contribution is 5.77. The molecule has 0 unspecified atom stereocenters. The van der Waals surface area contributed by atoms with E-state index in [4.69, 9.17) is 0 Å². The van der Waals surface area contributed by atoms with E-state index in [0.29, 0.717) is 29.6 Å². The van der Waals surface area contributed by atoms with Crippen LogP contribution in [0.3, 0.4) is 0 Å². The lowest BCUT2D eigenvalue weighted by atomic mass is 10.1. The van der Waals surface area contributed by atoms with Gasteiger partial charge in [-0.15, -0.1) is 0 Å². The average Bonchev–Trinajstić information content (AvgIpc) is 2.92. The van der Waals surface area contributed by atoms with Gasteiger partial charge in [0.1, 0.15) is 0 Å². The van der Waals surface area contributed by atoms with Crippen LogP contribution in [0, 0.1) is 19.8 Å². The molecule has 1 aliphatic rings. The summed E-state index contributed by atoms with van der Waals surface area (Å²) in [6.07, 6.45) is 0. The maximum Gasteiger partial charge on any atom is 0.329 e. The predicted octanol–water partition coefficient (Wildman–Crippen LogP) is 1.83. The summed E-state index contributed by atoms with van der Waals surface area (Å²) >= 11 is 0. The lowest BCUT2D eigenvalue weighted by Gasteiger charge is -2.33. The third kappa shape index (κ3) is 2.30. The molecule has 7 nitrogen and oxygen atoms in total. The van der Waals surface area contributed by atoms with Crippen molar-refractivity contribution in [3.8, 4) is 0 Å². The van der Waals surface area contributed by atoms with Gasteiger partial charge >= 0.3 is 5.69 Å². The van der Waals surface area contributed by atoms with E-state index in [2.05, 4.69) is 53.8 Å². The number of nitrogens with one attached hydrogen (secondary N) is 1. The van der Waals surface area contributed by atoms with Crippen LogP contribution in [0.1, 0.15) is 18.1 Å². The molecule has 0 radical (unpaired) electrons. The lowest BCUT2D eigenvalue weighted by Crippen LogP contribution is -2.35. The summed E-state index contributed by atoms with van der Waals surface area (Å²) in [6, 6.07) is 6.32. The van der Waals surface area contributed by atoms with Gasteiger partial charge in [-0.1, -0.05) is 24.6 Å². The van der Waals surface area contributed by atoms with Crippen LogP contribution in [-0.4, -0.2) is 25.6 Å². The first-order valence-corrected chi connectivity index (χ1v) is 8.41. The van der Waals surface area contributed by atoms with Gasteiger partial charge < -0.3 is 9.47 Å². The minimum atomic E-state index is -0.445. The molecule has 0 fully saturated rings. The van der Waals surface area contributed by atoms with Crippen LogP contribution < -0.4 is 16.1 Å². The van der Waals surface area contributed by atoms with Gasteiger partial charge in [-0.3, -0.25) is 14.3 Å². The highest BCUT2D eigenvalue weighted by Crippen LogP contribution is 2.34. The average molecular weight is 339 g/mol. The number of hydrogen-bond acceptors (Lipinski definition) is 4. The van der Waals surface area contributed by atoms with E-state index in [-0.39, 0.29) is 5.56 Å². The number of nitrogens with zero attached hydrogens (tertiary/aromatic N) is 4. The number of aromatic amines is 1. The second kappa shape index (κ2) is 5.34. The van der Waals surface area contributed by atoms with E-state index < -0.39 is 5.69 Å². The van der Waals surface area contributed by atoms with Crippen LogP contribution in [0.5, 0.6) is 0 Å². The molecule has 3 heterocycles. The van der Waals surface area contributed by atoms with Gasteiger partial charge in [0.2, 0.25) is 5.95 Å². The van der Waals surface area contributed by atoms with Crippen LogP contribution in [0.4, 0.5) is 11.6 Å². The van der Waals surface area contributed by atoms with E-state index >= 15 is 0 Å². The number of benzene rings is 1. The monoisotopic (exact) mass is 339 g/mol. The van der Waals surface area contributed by atoms with Crippen molar-refractivity contribution in [2.24, 2.45) is 13.0 Å². The molecule has 3 aromatic rings. The molecule has 1 N–H and O–H groups in total. The summed E-state index contributed by atoms with van der Waals surface area (Å²) in [6.45, 7) is 7.83. The summed E-state index contributed by atoms with van der Waals surface area (Å²) in [7, 11) is 1.63. The molecule has 0 spiro atoms. The minimum absolute atomic E-state index is 0.349. The Hall–Kier alpha value is -2.83. The first-order chi connectivity index (χ1) is 11.9. The molecule has 1 aliphatic heterocycles. The molecule has 0 amide bonds. The number of rotatable bonds is 1. The molecule has 0 aliphatic carbocycles. The van der Waals surface area contributed by atoms with Crippen molar-refractivity contribution in [3.05, 3.63) is 50.2 Å². The third-order valence-corrected chi connectivity index (χ3v) is 4.86. The standard InChI is InChI=1S/C18H21N5O2/c1-10-5-6-13(12(3)7-10)22-8-11(2)9-23-14-15(19-17(22)23)21(4)18(25)20-16(14)24/h5-7,11H,8-9H2,1-4H3,(H,20,24,25)/t11-/m1/s1. The largest absolute Gasteiger partial charge is 0.329 e. The van der Waals surface area contributed by atoms with Gasteiger partial charge in [0.05, 0.1) is 0 Å². The molecular weight excluding hydrogens is 318 g/mol. The van der Waals surface area contributed by atoms with Crippen molar-refractivity contribution in [1.29, 1.82) is 0 Å². The number of anilines is 2. The summed E-state index contributed by atoms with van der Waals surface area (Å²) in [4.78, 5) is 33.5. The summed E-state index contributed by atoms with van der Waals surface area (Å²) < 4.78 is 3.33. The van der Waals surface area contributed by atoms with Crippen LogP contribution in [0.2, 0.25) is 0 Å². The molecule has 130 valence electrons. The fourth-order valence-electron chi connectivity index (χ4n) is 3.68. The van der Waals surface area contributed by atoms with E-state index in [9.17, 15) is 9.59 Å². The quantitative estimate of drug-likeness (QED) is 0.734. The van der Waals surface area contributed by atoms with Gasteiger partial charge in [-0.05, 0) is 31.4 Å². The Labute approximate surface area is 144 Å². The fourth-order valence-corrected chi connectivity index (χ4v) is 3.68. The molecule has 25 heavy (non-hydrogen) atoms. The van der Waals surface area contributed by atoms with Crippen LogP contribution >= 0.6 is 0 Å². The van der Waals surface area contributed by atoms with E-state index in [1.165, 1.54) is 10.1 Å². The highest BCUT2D eigenvalue weighted by atomic mass is 16.2. The van der Waals surface area contributed by atoms with Gasteiger partial charge in [0.25, 0.3) is 5.56 Å². The van der Waals surface area contributed by atoms with E-state index in [0.717, 1.165) is 17.8 Å². The molecule has 0 saturated heterocycles. The van der Waals surface area contributed by atoms with Crippen molar-refractivity contribution in [1.82, 2.24) is 19.1 Å². The van der Waals surface area contributed by atoms with Gasteiger partial charge in [0, 0.05) is 25.8 Å². The normalized spacial score (nSPS) is 17.1. The number of aryl methyl sites for hydroxylation is 3. The molecule has 4 rings (SSSR count). The number of imidazole rings is 1. The highest BCUT2D eigenvalue weighted by Gasteiger charge is 2.29. The molecular formula is C18H21N5O2. The van der Waals surface area contributed by atoms with Crippen molar-refractivity contribution < 1.29 is 0 Å². The SMILES string of the molecule is Cc1ccc(N2C[C@@H](C)Cn3c2nc2c3c(=O)[nH]c(=O)n2C)c(C)c1. The maximum absolute atomic E-state index is 12.4. The van der Waals surface area contributed by atoms with Crippen molar-refractivity contribution in [2.75, 3.05) is 11.4 Å². The molecule has 1 atom stereocenters. The maximum atomic E-state index is 12.4. The van der Waals surface area contributed by atoms with Crippen LogP contribution in [0.15, 0.2) is 27.8 Å². The lowest BCUT2D eigenvalue weighted by molar-refractivity contribution is 0.458. The van der Waals surface area contributed by atoms with Crippen molar-refractivity contribution in [2.45, 2.75) is 27.3 Å². The Morgan fingerprint density at radius 2 is 1.96 bits per heavy atom. The number of aromatic nitrogens is 4. The zero-order chi connectivity index (χ0) is 17.9. The van der Waals surface area contributed by atoms with Gasteiger partial charge in [-0.2, -0.15) is 4.98 Å². The first kappa shape index (κ1) is 15.7. The topological polar surface area (TPSA) is 75.9 Å². The molecule has 0 saturated carbocycles. The van der Waals surface area contributed by atoms with Gasteiger partial charge in [-0.25, -0.2) is 4.79 Å². The minimum Gasteiger partial charge on any atom is -0.311 e. The molecule has 1 aromatic carbocycles. The zero-order valence-corrected chi connectivity index (χ0v) is 14.8.